The van der Waals surface area contributed by atoms with Crippen molar-refractivity contribution < 1.29 is 28.8 Å². The number of nitro groups is 1. The summed E-state index contributed by atoms with van der Waals surface area (Å²) in [6.07, 6.45) is 3.93. The number of rotatable bonds is 14. The quantitative estimate of drug-likeness (QED) is 0.0805. The highest BCUT2D eigenvalue weighted by atomic mass is 16.6. The minimum atomic E-state index is -0.800. The zero-order valence-electron chi connectivity index (χ0n) is 20.2. The molecule has 0 saturated heterocycles. The van der Waals surface area contributed by atoms with Crippen LogP contribution in [0.3, 0.4) is 0 Å². The molecule has 12 nitrogen and oxygen atoms in total. The Balaban J connectivity index is 2.38. The second kappa shape index (κ2) is 12.1. The number of carbonyl (C=O) groups is 4. The summed E-state index contributed by atoms with van der Waals surface area (Å²) < 4.78 is 5.83. The van der Waals surface area contributed by atoms with Gasteiger partial charge in [-0.2, -0.15) is 0 Å². The molecule has 188 valence electrons. The fraction of sp³-hybridized carbons (Fsp3) is 0.545. The van der Waals surface area contributed by atoms with Crippen LogP contribution >= 0.6 is 0 Å². The third-order valence-corrected chi connectivity index (χ3v) is 5.00. The van der Waals surface area contributed by atoms with Crippen LogP contribution in [0.2, 0.25) is 0 Å². The Hall–Kier alpha value is -3.54. The third-order valence-electron chi connectivity index (χ3n) is 5.00. The number of ether oxygens (including phenoxy) is 1. The first-order valence-corrected chi connectivity index (χ1v) is 10.7. The predicted octanol–water partition coefficient (Wildman–Crippen LogP) is 0.392. The molecule has 0 aromatic heterocycles. The number of nitrogens with one attached hydrogen (secondary N) is 3. The Bertz CT molecular complexity index is 887. The number of hydrogen-bond acceptors (Lipinski definition) is 8. The van der Waals surface area contributed by atoms with Crippen molar-refractivity contribution in [2.75, 3.05) is 26.7 Å². The van der Waals surface area contributed by atoms with Gasteiger partial charge in [0, 0.05) is 49.0 Å². The van der Waals surface area contributed by atoms with Gasteiger partial charge in [-0.3, -0.25) is 29.4 Å². The topological polar surface area (TPSA) is 160 Å². The van der Waals surface area contributed by atoms with E-state index in [0.717, 1.165) is 6.08 Å². The average Bonchev–Trinajstić information content (AvgIpc) is 3.06. The van der Waals surface area contributed by atoms with Gasteiger partial charge < -0.3 is 25.5 Å². The molecule has 1 aliphatic heterocycles. The monoisotopic (exact) mass is 479 g/mol. The van der Waals surface area contributed by atoms with Crippen LogP contribution in [0.15, 0.2) is 36.2 Å². The molecular weight excluding hydrogens is 446 g/mol. The van der Waals surface area contributed by atoms with E-state index in [-0.39, 0.29) is 55.2 Å². The maximum atomic E-state index is 12.2. The summed E-state index contributed by atoms with van der Waals surface area (Å²) in [5, 5.41) is 18.3. The van der Waals surface area contributed by atoms with Gasteiger partial charge in [0.15, 0.2) is 0 Å². The van der Waals surface area contributed by atoms with E-state index in [1.807, 2.05) is 0 Å². The molecule has 34 heavy (non-hydrogen) atoms. The van der Waals surface area contributed by atoms with Gasteiger partial charge >= 0.3 is 5.82 Å². The van der Waals surface area contributed by atoms with E-state index >= 15 is 0 Å². The Morgan fingerprint density at radius 1 is 1.15 bits per heavy atom. The summed E-state index contributed by atoms with van der Waals surface area (Å²) in [5.74, 6) is -1.98. The van der Waals surface area contributed by atoms with Crippen LogP contribution in [0, 0.1) is 10.1 Å². The van der Waals surface area contributed by atoms with Gasteiger partial charge in [0.25, 0.3) is 17.7 Å². The molecule has 0 fully saturated rings. The van der Waals surface area contributed by atoms with E-state index in [4.69, 9.17) is 4.74 Å². The number of hydrogen-bond donors (Lipinski definition) is 3. The summed E-state index contributed by atoms with van der Waals surface area (Å²) >= 11 is 0. The van der Waals surface area contributed by atoms with Gasteiger partial charge in [-0.25, -0.2) is 0 Å². The highest BCUT2D eigenvalue weighted by Gasteiger charge is 2.37. The minimum Gasteiger partial charge on any atom is -0.375 e. The van der Waals surface area contributed by atoms with E-state index in [2.05, 4.69) is 22.5 Å². The first kappa shape index (κ1) is 28.5. The summed E-state index contributed by atoms with van der Waals surface area (Å²) in [4.78, 5) is 59.2. The van der Waals surface area contributed by atoms with Crippen LogP contribution in [0.4, 0.5) is 0 Å². The number of carbonyl (C=O) groups excluding carboxylic acids is 4. The SMILES string of the molecule is C=C(/C=C(\NC)[N+](=O)[O-])C(=O)NCCNC(=O)CC(C)(C)OCCC(C)(C)N1C(=O)C=CC1=O. The van der Waals surface area contributed by atoms with Crippen molar-refractivity contribution in [2.45, 2.75) is 51.7 Å². The molecule has 0 saturated carbocycles. The van der Waals surface area contributed by atoms with Gasteiger partial charge in [-0.1, -0.05) is 6.58 Å². The molecule has 0 aromatic carbocycles. The normalized spacial score (nSPS) is 14.3. The van der Waals surface area contributed by atoms with Gasteiger partial charge in [0.1, 0.15) is 0 Å². The van der Waals surface area contributed by atoms with Gasteiger partial charge in [-0.05, 0) is 39.0 Å². The zero-order chi connectivity index (χ0) is 26.1. The first-order chi connectivity index (χ1) is 15.7. The average molecular weight is 480 g/mol. The van der Waals surface area contributed by atoms with E-state index < -0.39 is 22.0 Å². The maximum Gasteiger partial charge on any atom is 0.316 e. The lowest BCUT2D eigenvalue weighted by molar-refractivity contribution is -0.431. The van der Waals surface area contributed by atoms with Crippen molar-refractivity contribution in [2.24, 2.45) is 0 Å². The van der Waals surface area contributed by atoms with Crippen molar-refractivity contribution in [3.8, 4) is 0 Å². The van der Waals surface area contributed by atoms with E-state index in [9.17, 15) is 29.3 Å². The first-order valence-electron chi connectivity index (χ1n) is 10.7. The fourth-order valence-corrected chi connectivity index (χ4v) is 3.12. The van der Waals surface area contributed by atoms with E-state index in [1.165, 1.54) is 24.1 Å². The highest BCUT2D eigenvalue weighted by Crippen LogP contribution is 2.24. The van der Waals surface area contributed by atoms with E-state index in [0.29, 0.717) is 6.42 Å². The number of imide groups is 1. The van der Waals surface area contributed by atoms with Crippen LogP contribution in [0.1, 0.15) is 40.5 Å². The second-order valence-electron chi connectivity index (χ2n) is 8.86. The van der Waals surface area contributed by atoms with Crippen LogP contribution in [0.5, 0.6) is 0 Å². The molecule has 1 rings (SSSR count). The summed E-state index contributed by atoms with van der Waals surface area (Å²) in [6, 6.07) is 0. The van der Waals surface area contributed by atoms with Gasteiger partial charge in [0.05, 0.1) is 19.1 Å². The molecule has 0 radical (unpaired) electrons. The molecule has 12 heteroatoms. The molecule has 3 N–H and O–H groups in total. The molecular formula is C22H33N5O7. The molecule has 0 aromatic rings. The van der Waals surface area contributed by atoms with Crippen LogP contribution in [0.25, 0.3) is 0 Å². The van der Waals surface area contributed by atoms with Crippen molar-refractivity contribution >= 4 is 23.6 Å². The predicted molar refractivity (Wildman–Crippen MR) is 124 cm³/mol. The molecule has 0 bridgehead atoms. The molecule has 4 amide bonds. The summed E-state index contributed by atoms with van der Waals surface area (Å²) in [7, 11) is 1.36. The number of nitrogens with zero attached hydrogens (tertiary/aromatic N) is 2. The van der Waals surface area contributed by atoms with Gasteiger partial charge in [-0.15, -0.1) is 0 Å². The molecule has 0 unspecified atom stereocenters. The van der Waals surface area contributed by atoms with Gasteiger partial charge in [0.2, 0.25) is 5.91 Å². The third kappa shape index (κ3) is 8.77. The molecule has 1 aliphatic rings. The maximum absolute atomic E-state index is 12.2. The van der Waals surface area contributed by atoms with Crippen LogP contribution in [-0.4, -0.2) is 71.3 Å². The zero-order valence-corrected chi connectivity index (χ0v) is 20.2. The van der Waals surface area contributed by atoms with Crippen molar-refractivity contribution in [3.05, 3.63) is 46.3 Å². The Kier molecular flexibility index (Phi) is 10.1. The molecule has 1 heterocycles. The molecule has 0 aliphatic carbocycles. The Labute approximate surface area is 198 Å². The summed E-state index contributed by atoms with van der Waals surface area (Å²) in [5.41, 5.74) is -1.63. The van der Waals surface area contributed by atoms with Crippen molar-refractivity contribution in [3.63, 3.8) is 0 Å². The van der Waals surface area contributed by atoms with E-state index in [1.54, 1.807) is 27.7 Å². The second-order valence-corrected chi connectivity index (χ2v) is 8.86. The Morgan fingerprint density at radius 3 is 2.24 bits per heavy atom. The largest absolute Gasteiger partial charge is 0.375 e. The highest BCUT2D eigenvalue weighted by molar-refractivity contribution is 6.13. The minimum absolute atomic E-state index is 0.0499. The lowest BCUT2D eigenvalue weighted by atomic mass is 9.98. The smallest absolute Gasteiger partial charge is 0.316 e. The standard InChI is InChI=1S/C22H33N5O7/c1-15(13-16(23-6)27(32)33)20(31)25-11-10-24-17(28)14-22(4,5)34-12-9-21(2,3)26-18(29)7-8-19(26)30/h7-8,13,23H,1,9-12,14H2,2-6H3,(H,24,28)(H,25,31)/b16-13+. The molecule has 0 atom stereocenters. The summed E-state index contributed by atoms with van der Waals surface area (Å²) in [6.45, 7) is 11.0. The molecule has 0 spiro atoms. The van der Waals surface area contributed by atoms with Crippen molar-refractivity contribution in [1.82, 2.24) is 20.9 Å². The van der Waals surface area contributed by atoms with Crippen LogP contribution in [-0.2, 0) is 23.9 Å². The van der Waals surface area contributed by atoms with Crippen molar-refractivity contribution in [1.29, 1.82) is 0 Å². The fourth-order valence-electron chi connectivity index (χ4n) is 3.12. The lowest BCUT2D eigenvalue weighted by Gasteiger charge is -2.35. The lowest BCUT2D eigenvalue weighted by Crippen LogP contribution is -2.48. The Morgan fingerprint density at radius 2 is 1.71 bits per heavy atom. The van der Waals surface area contributed by atoms with Crippen LogP contribution < -0.4 is 16.0 Å². The number of amides is 4.